The van der Waals surface area contributed by atoms with Crippen molar-refractivity contribution < 1.29 is 9.26 Å². The van der Waals surface area contributed by atoms with E-state index in [1.165, 1.54) is 5.56 Å². The van der Waals surface area contributed by atoms with Gasteiger partial charge in [0.15, 0.2) is 5.82 Å². The Kier molecular flexibility index (Phi) is 3.23. The Morgan fingerprint density at radius 3 is 3.09 bits per heavy atom. The Morgan fingerprint density at radius 1 is 1.32 bits per heavy atom. The van der Waals surface area contributed by atoms with E-state index in [4.69, 9.17) is 9.26 Å². The topological polar surface area (TPSA) is 76.8 Å². The summed E-state index contributed by atoms with van der Waals surface area (Å²) in [6, 6.07) is 8.21. The summed E-state index contributed by atoms with van der Waals surface area (Å²) < 4.78 is 10.8. The van der Waals surface area contributed by atoms with E-state index in [2.05, 4.69) is 39.4 Å². The van der Waals surface area contributed by atoms with Gasteiger partial charge < -0.3 is 9.26 Å². The molecule has 1 N–H and O–H groups in total. The van der Waals surface area contributed by atoms with Crippen LogP contribution in [0.3, 0.4) is 0 Å². The van der Waals surface area contributed by atoms with E-state index in [1.807, 2.05) is 12.1 Å². The highest BCUT2D eigenvalue weighted by molar-refractivity contribution is 5.76. The smallest absolute Gasteiger partial charge is 0.261 e. The lowest BCUT2D eigenvalue weighted by molar-refractivity contribution is 0.192. The summed E-state index contributed by atoms with van der Waals surface area (Å²) in [5, 5.41) is 11.3. The van der Waals surface area contributed by atoms with Gasteiger partial charge in [0.05, 0.1) is 24.1 Å². The predicted molar refractivity (Wildman–Crippen MR) is 80.2 cm³/mol. The highest BCUT2D eigenvalue weighted by atomic mass is 16.5. The molecular formula is C16H16N4O2. The molecule has 112 valence electrons. The van der Waals surface area contributed by atoms with E-state index in [0.29, 0.717) is 18.3 Å². The number of nitrogens with zero attached hydrogens (tertiary/aromatic N) is 3. The number of ether oxygens (including phenoxy) is 1. The molecule has 3 aromatic rings. The number of hydrogen-bond donors (Lipinski definition) is 1. The van der Waals surface area contributed by atoms with E-state index in [-0.39, 0.29) is 5.92 Å². The molecule has 2 aromatic heterocycles. The lowest BCUT2D eigenvalue weighted by Gasteiger charge is -2.01. The third-order valence-electron chi connectivity index (χ3n) is 3.91. The molecule has 1 atom stereocenters. The molecule has 0 unspecified atom stereocenters. The van der Waals surface area contributed by atoms with Crippen LogP contribution < -0.4 is 0 Å². The molecule has 0 spiro atoms. The molecule has 1 aliphatic rings. The molecule has 1 fully saturated rings. The third-order valence-corrected chi connectivity index (χ3v) is 3.91. The predicted octanol–water partition coefficient (Wildman–Crippen LogP) is 2.94. The molecule has 0 radical (unpaired) electrons. The van der Waals surface area contributed by atoms with Gasteiger partial charge in [-0.25, -0.2) is 0 Å². The quantitative estimate of drug-likeness (QED) is 0.804. The molecule has 1 aliphatic heterocycles. The van der Waals surface area contributed by atoms with Gasteiger partial charge in [-0.3, -0.25) is 5.10 Å². The zero-order valence-electron chi connectivity index (χ0n) is 12.2. The van der Waals surface area contributed by atoms with Crippen LogP contribution >= 0.6 is 0 Å². The zero-order valence-corrected chi connectivity index (χ0v) is 12.2. The maximum atomic E-state index is 5.44. The van der Waals surface area contributed by atoms with Crippen molar-refractivity contribution >= 4 is 0 Å². The summed E-state index contributed by atoms with van der Waals surface area (Å²) in [7, 11) is 0. The van der Waals surface area contributed by atoms with Crippen molar-refractivity contribution in [1.29, 1.82) is 0 Å². The van der Waals surface area contributed by atoms with E-state index < -0.39 is 0 Å². The van der Waals surface area contributed by atoms with Crippen molar-refractivity contribution in [3.05, 3.63) is 41.9 Å². The molecule has 6 heteroatoms. The molecule has 0 saturated carbocycles. The SMILES string of the molecule is Cc1cccc(-c2[nH]ncc2-c2nc([C@@H]3CCOC3)no2)c1. The van der Waals surface area contributed by atoms with Crippen molar-refractivity contribution in [2.75, 3.05) is 13.2 Å². The standard InChI is InChI=1S/C16H16N4O2/c1-10-3-2-4-11(7-10)14-13(8-17-19-14)16-18-15(20-22-16)12-5-6-21-9-12/h2-4,7-8,12H,5-6,9H2,1H3,(H,17,19)/t12-/m1/s1. The van der Waals surface area contributed by atoms with Crippen LogP contribution in [0.4, 0.5) is 0 Å². The van der Waals surface area contributed by atoms with Gasteiger partial charge in [-0.1, -0.05) is 28.9 Å². The molecule has 4 rings (SSSR count). The molecule has 1 aromatic carbocycles. The number of nitrogens with one attached hydrogen (secondary N) is 1. The summed E-state index contributed by atoms with van der Waals surface area (Å²) in [6.07, 6.45) is 2.66. The summed E-state index contributed by atoms with van der Waals surface area (Å²) in [5.74, 6) is 1.43. The fourth-order valence-electron chi connectivity index (χ4n) is 2.72. The minimum absolute atomic E-state index is 0.229. The molecule has 0 bridgehead atoms. The number of aromatic nitrogens is 4. The van der Waals surface area contributed by atoms with Gasteiger partial charge in [-0.15, -0.1) is 0 Å². The Balaban J connectivity index is 1.70. The van der Waals surface area contributed by atoms with Crippen LogP contribution in [0.5, 0.6) is 0 Å². The third kappa shape index (κ3) is 2.31. The highest BCUT2D eigenvalue weighted by Gasteiger charge is 2.24. The summed E-state index contributed by atoms with van der Waals surface area (Å²) in [4.78, 5) is 4.53. The maximum absolute atomic E-state index is 5.44. The van der Waals surface area contributed by atoms with E-state index in [9.17, 15) is 0 Å². The van der Waals surface area contributed by atoms with Gasteiger partial charge in [-0.2, -0.15) is 10.1 Å². The first-order valence-electron chi connectivity index (χ1n) is 7.33. The van der Waals surface area contributed by atoms with E-state index >= 15 is 0 Å². The Morgan fingerprint density at radius 2 is 2.27 bits per heavy atom. The average Bonchev–Trinajstić information content (AvgIpc) is 3.27. The van der Waals surface area contributed by atoms with Crippen LogP contribution in [-0.2, 0) is 4.74 Å². The fraction of sp³-hybridized carbons (Fsp3) is 0.312. The Labute approximate surface area is 127 Å². The van der Waals surface area contributed by atoms with Gasteiger partial charge >= 0.3 is 0 Å². The first kappa shape index (κ1) is 13.2. The molecule has 0 aliphatic carbocycles. The van der Waals surface area contributed by atoms with Crippen molar-refractivity contribution in [2.24, 2.45) is 0 Å². The summed E-state index contributed by atoms with van der Waals surface area (Å²) in [5.41, 5.74) is 3.95. The van der Waals surface area contributed by atoms with Crippen molar-refractivity contribution in [1.82, 2.24) is 20.3 Å². The Bertz CT molecular complexity index is 787. The monoisotopic (exact) mass is 296 g/mol. The fourth-order valence-corrected chi connectivity index (χ4v) is 2.72. The van der Waals surface area contributed by atoms with Crippen molar-refractivity contribution in [3.8, 4) is 22.7 Å². The number of aryl methyl sites for hydroxylation is 1. The molecule has 22 heavy (non-hydrogen) atoms. The maximum Gasteiger partial charge on any atom is 0.261 e. The van der Waals surface area contributed by atoms with Crippen LogP contribution in [0.1, 0.15) is 23.7 Å². The average molecular weight is 296 g/mol. The van der Waals surface area contributed by atoms with Crippen LogP contribution in [0.2, 0.25) is 0 Å². The minimum atomic E-state index is 0.229. The molecule has 6 nitrogen and oxygen atoms in total. The number of benzene rings is 1. The van der Waals surface area contributed by atoms with Crippen LogP contribution in [0, 0.1) is 6.92 Å². The first-order valence-corrected chi connectivity index (χ1v) is 7.33. The normalized spacial score (nSPS) is 18.0. The summed E-state index contributed by atoms with van der Waals surface area (Å²) in [6.45, 7) is 3.48. The molecular weight excluding hydrogens is 280 g/mol. The lowest BCUT2D eigenvalue weighted by atomic mass is 10.1. The van der Waals surface area contributed by atoms with Crippen LogP contribution in [0.25, 0.3) is 22.7 Å². The number of aromatic amines is 1. The van der Waals surface area contributed by atoms with E-state index in [0.717, 1.165) is 29.8 Å². The molecule has 0 amide bonds. The van der Waals surface area contributed by atoms with Gasteiger partial charge in [0.25, 0.3) is 5.89 Å². The summed E-state index contributed by atoms with van der Waals surface area (Å²) >= 11 is 0. The van der Waals surface area contributed by atoms with Gasteiger partial charge in [0, 0.05) is 18.1 Å². The number of rotatable bonds is 3. The van der Waals surface area contributed by atoms with Gasteiger partial charge in [0.2, 0.25) is 0 Å². The minimum Gasteiger partial charge on any atom is -0.381 e. The Hall–Kier alpha value is -2.47. The second-order valence-electron chi connectivity index (χ2n) is 5.55. The number of H-pyrrole nitrogens is 1. The van der Waals surface area contributed by atoms with Crippen LogP contribution in [-0.4, -0.2) is 33.6 Å². The zero-order chi connectivity index (χ0) is 14.9. The lowest BCUT2D eigenvalue weighted by Crippen LogP contribution is -1.99. The second kappa shape index (κ2) is 5.38. The van der Waals surface area contributed by atoms with Crippen molar-refractivity contribution in [3.63, 3.8) is 0 Å². The van der Waals surface area contributed by atoms with Crippen molar-refractivity contribution in [2.45, 2.75) is 19.3 Å². The highest BCUT2D eigenvalue weighted by Crippen LogP contribution is 2.31. The van der Waals surface area contributed by atoms with Gasteiger partial charge in [0.1, 0.15) is 0 Å². The van der Waals surface area contributed by atoms with Gasteiger partial charge in [-0.05, 0) is 19.4 Å². The first-order chi connectivity index (χ1) is 10.8. The van der Waals surface area contributed by atoms with Crippen LogP contribution in [0.15, 0.2) is 35.0 Å². The second-order valence-corrected chi connectivity index (χ2v) is 5.55. The largest absolute Gasteiger partial charge is 0.381 e. The van der Waals surface area contributed by atoms with E-state index in [1.54, 1.807) is 6.20 Å². The number of hydrogen-bond acceptors (Lipinski definition) is 5. The molecule has 3 heterocycles. The molecule has 1 saturated heterocycles.